The smallest absolute Gasteiger partial charge is 0.321 e. The predicted molar refractivity (Wildman–Crippen MR) is 141 cm³/mol. The molecule has 188 valence electrons. The van der Waals surface area contributed by atoms with Gasteiger partial charge in [-0.05, 0) is 62.1 Å². The minimum Gasteiger partial charge on any atom is -0.383 e. The molecule has 4 rings (SSSR count). The Morgan fingerprint density at radius 3 is 2.54 bits per heavy atom. The first kappa shape index (κ1) is 24.8. The van der Waals surface area contributed by atoms with E-state index in [1.54, 1.807) is 18.1 Å². The lowest BCUT2D eigenvalue weighted by atomic mass is 10.0. The Kier molecular flexibility index (Phi) is 7.42. The molecule has 2 amide bonds. The number of rotatable bonds is 8. The third-order valence-corrected chi connectivity index (χ3v) is 7.48. The summed E-state index contributed by atoms with van der Waals surface area (Å²) in [6.45, 7) is 5.72. The second-order valence-corrected chi connectivity index (χ2v) is 9.72. The fraction of sp³-hybridized carbons (Fsp3) is 0.538. The number of pyridine rings is 2. The second-order valence-electron chi connectivity index (χ2n) is 9.72. The SMILES string of the molecule is CCC(CC)n1cc(C2CC2)cc(NC(=O)N(C)C2CCN(c3cnc(N)c(C=N)c3)CC2)c1=O. The van der Waals surface area contributed by atoms with Gasteiger partial charge in [0, 0.05) is 50.2 Å². The molecule has 1 aliphatic carbocycles. The number of amides is 2. The maximum Gasteiger partial charge on any atom is 0.321 e. The number of nitrogens with two attached hydrogens (primary N) is 1. The van der Waals surface area contributed by atoms with E-state index >= 15 is 0 Å². The van der Waals surface area contributed by atoms with Crippen molar-refractivity contribution in [3.8, 4) is 0 Å². The summed E-state index contributed by atoms with van der Waals surface area (Å²) in [6, 6.07) is 3.72. The first-order chi connectivity index (χ1) is 16.9. The number of carbonyl (C=O) groups is 1. The minimum atomic E-state index is -0.246. The Hall–Kier alpha value is -3.36. The highest BCUT2D eigenvalue weighted by Crippen LogP contribution is 2.40. The summed E-state index contributed by atoms with van der Waals surface area (Å²) < 4.78 is 1.82. The lowest BCUT2D eigenvalue weighted by molar-refractivity contribution is 0.193. The molecule has 0 spiro atoms. The van der Waals surface area contributed by atoms with E-state index in [1.807, 2.05) is 22.9 Å². The first-order valence-electron chi connectivity index (χ1n) is 12.7. The lowest BCUT2D eigenvalue weighted by Crippen LogP contribution is -2.47. The summed E-state index contributed by atoms with van der Waals surface area (Å²) in [6.07, 6.45) is 10.6. The monoisotopic (exact) mass is 479 g/mol. The average Bonchev–Trinajstić information content (AvgIpc) is 3.72. The van der Waals surface area contributed by atoms with Crippen LogP contribution < -0.4 is 21.5 Å². The Labute approximate surface area is 206 Å². The number of urea groups is 1. The highest BCUT2D eigenvalue weighted by molar-refractivity contribution is 5.89. The Morgan fingerprint density at radius 2 is 1.94 bits per heavy atom. The lowest BCUT2D eigenvalue weighted by Gasteiger charge is -2.37. The maximum absolute atomic E-state index is 13.2. The van der Waals surface area contributed by atoms with E-state index in [0.717, 1.165) is 62.9 Å². The second kappa shape index (κ2) is 10.5. The van der Waals surface area contributed by atoms with Crippen molar-refractivity contribution in [1.82, 2.24) is 14.5 Å². The van der Waals surface area contributed by atoms with Crippen molar-refractivity contribution < 1.29 is 4.79 Å². The van der Waals surface area contributed by atoms with E-state index in [9.17, 15) is 9.59 Å². The molecule has 2 aliphatic rings. The molecule has 1 saturated heterocycles. The van der Waals surface area contributed by atoms with Crippen LogP contribution in [0.4, 0.5) is 22.0 Å². The Bertz CT molecular complexity index is 1130. The zero-order valence-corrected chi connectivity index (χ0v) is 21.0. The van der Waals surface area contributed by atoms with E-state index in [0.29, 0.717) is 23.0 Å². The fourth-order valence-corrected chi connectivity index (χ4v) is 4.96. The van der Waals surface area contributed by atoms with E-state index in [-0.39, 0.29) is 23.7 Å². The molecule has 2 fully saturated rings. The Morgan fingerprint density at radius 1 is 1.26 bits per heavy atom. The topological polar surface area (TPSA) is 120 Å². The van der Waals surface area contributed by atoms with Crippen molar-refractivity contribution in [2.24, 2.45) is 0 Å². The van der Waals surface area contributed by atoms with Gasteiger partial charge in [0.1, 0.15) is 11.5 Å². The molecule has 3 heterocycles. The van der Waals surface area contributed by atoms with Crippen molar-refractivity contribution in [3.63, 3.8) is 0 Å². The molecule has 0 atom stereocenters. The van der Waals surface area contributed by atoms with Crippen molar-refractivity contribution in [2.75, 3.05) is 36.1 Å². The molecule has 0 aromatic carbocycles. The highest BCUT2D eigenvalue weighted by Gasteiger charge is 2.29. The first-order valence-corrected chi connectivity index (χ1v) is 12.7. The van der Waals surface area contributed by atoms with Crippen molar-refractivity contribution in [2.45, 2.75) is 70.4 Å². The van der Waals surface area contributed by atoms with Gasteiger partial charge in [-0.15, -0.1) is 0 Å². The molecule has 2 aromatic rings. The van der Waals surface area contributed by atoms with E-state index in [1.165, 1.54) is 6.21 Å². The fourth-order valence-electron chi connectivity index (χ4n) is 4.96. The Balaban J connectivity index is 1.43. The van der Waals surface area contributed by atoms with Gasteiger partial charge < -0.3 is 30.8 Å². The summed E-state index contributed by atoms with van der Waals surface area (Å²) in [4.78, 5) is 34.5. The van der Waals surface area contributed by atoms with Crippen molar-refractivity contribution in [3.05, 3.63) is 46.0 Å². The average molecular weight is 480 g/mol. The van der Waals surface area contributed by atoms with Crippen LogP contribution in [-0.4, -0.2) is 52.9 Å². The quantitative estimate of drug-likeness (QED) is 0.490. The van der Waals surface area contributed by atoms with Crippen LogP contribution in [0.3, 0.4) is 0 Å². The van der Waals surface area contributed by atoms with Crippen LogP contribution in [0.15, 0.2) is 29.3 Å². The number of nitrogen functional groups attached to an aromatic ring is 1. The normalized spacial score (nSPS) is 16.4. The third kappa shape index (κ3) is 5.33. The largest absolute Gasteiger partial charge is 0.383 e. The molecule has 4 N–H and O–H groups in total. The molecule has 0 unspecified atom stereocenters. The van der Waals surface area contributed by atoms with Gasteiger partial charge >= 0.3 is 6.03 Å². The van der Waals surface area contributed by atoms with E-state index in [2.05, 4.69) is 29.0 Å². The number of hydrogen-bond acceptors (Lipinski definition) is 6. The zero-order valence-electron chi connectivity index (χ0n) is 21.0. The minimum absolute atomic E-state index is 0.0723. The predicted octanol–water partition coefficient (Wildman–Crippen LogP) is 4.19. The van der Waals surface area contributed by atoms with Crippen LogP contribution in [0.5, 0.6) is 0 Å². The van der Waals surface area contributed by atoms with Crippen LogP contribution in [0.25, 0.3) is 0 Å². The van der Waals surface area contributed by atoms with Crippen LogP contribution in [0.1, 0.15) is 75.5 Å². The standard InChI is InChI=1S/C26H37N7O2/c1-4-20(5-2)33-16-19(17-6-7-17)13-23(25(33)34)30-26(35)31(3)21-8-10-32(11-9-21)22-12-18(14-27)24(28)29-15-22/h12-17,20-21,27H,4-11H2,1-3H3,(H2,28,29)(H,30,35). The number of piperidine rings is 1. The molecule has 9 heteroatoms. The van der Waals surface area contributed by atoms with Gasteiger partial charge in [0.15, 0.2) is 0 Å². The van der Waals surface area contributed by atoms with Crippen LogP contribution in [0, 0.1) is 5.41 Å². The zero-order chi connectivity index (χ0) is 25.1. The molecule has 1 saturated carbocycles. The summed E-state index contributed by atoms with van der Waals surface area (Å²) >= 11 is 0. The number of carbonyl (C=O) groups excluding carboxylic acids is 1. The molecule has 1 aliphatic heterocycles. The molecule has 0 bridgehead atoms. The van der Waals surface area contributed by atoms with Gasteiger partial charge in [-0.1, -0.05) is 13.8 Å². The van der Waals surface area contributed by atoms with Gasteiger partial charge in [0.05, 0.1) is 11.9 Å². The van der Waals surface area contributed by atoms with Gasteiger partial charge in [0.2, 0.25) is 0 Å². The summed E-state index contributed by atoms with van der Waals surface area (Å²) in [5, 5.41) is 10.4. The van der Waals surface area contributed by atoms with Gasteiger partial charge in [0.25, 0.3) is 5.56 Å². The van der Waals surface area contributed by atoms with Crippen LogP contribution in [-0.2, 0) is 0 Å². The summed E-state index contributed by atoms with van der Waals surface area (Å²) in [5.74, 6) is 0.842. The van der Waals surface area contributed by atoms with E-state index < -0.39 is 0 Å². The van der Waals surface area contributed by atoms with E-state index in [4.69, 9.17) is 11.1 Å². The maximum atomic E-state index is 13.2. The molecular formula is C26H37N7O2. The summed E-state index contributed by atoms with van der Waals surface area (Å²) in [7, 11) is 1.80. The van der Waals surface area contributed by atoms with Gasteiger partial charge in [-0.2, -0.15) is 0 Å². The molecular weight excluding hydrogens is 442 g/mol. The number of hydrogen-bond donors (Lipinski definition) is 3. The van der Waals surface area contributed by atoms with Crippen molar-refractivity contribution in [1.29, 1.82) is 5.41 Å². The molecule has 0 radical (unpaired) electrons. The van der Waals surface area contributed by atoms with Gasteiger partial charge in [-0.25, -0.2) is 9.78 Å². The van der Waals surface area contributed by atoms with Crippen molar-refractivity contribution >= 4 is 29.4 Å². The summed E-state index contributed by atoms with van der Waals surface area (Å²) in [5.41, 5.74) is 8.74. The number of nitrogens with zero attached hydrogens (tertiary/aromatic N) is 4. The van der Waals surface area contributed by atoms with Crippen LogP contribution in [0.2, 0.25) is 0 Å². The number of anilines is 3. The third-order valence-electron chi connectivity index (χ3n) is 7.48. The molecule has 9 nitrogen and oxygen atoms in total. The number of nitrogens with one attached hydrogen (secondary N) is 2. The van der Waals surface area contributed by atoms with Crippen LogP contribution >= 0.6 is 0 Å². The van der Waals surface area contributed by atoms with Gasteiger partial charge in [-0.3, -0.25) is 4.79 Å². The molecule has 2 aromatic heterocycles. The molecule has 35 heavy (non-hydrogen) atoms. The number of aromatic nitrogens is 2. The highest BCUT2D eigenvalue weighted by atomic mass is 16.2.